The summed E-state index contributed by atoms with van der Waals surface area (Å²) in [4.78, 5) is 14.1. The third-order valence-electron chi connectivity index (χ3n) is 4.20. The third kappa shape index (κ3) is 4.93. The first-order valence-electron chi connectivity index (χ1n) is 7.45. The summed E-state index contributed by atoms with van der Waals surface area (Å²) in [7, 11) is 0. The SMILES string of the molecule is Cc1ccc(CNC(=O)CN2CC(CN)CC2C)cc1F.Cl. The molecule has 1 fully saturated rings. The van der Waals surface area contributed by atoms with Crippen molar-refractivity contribution in [3.63, 3.8) is 0 Å². The van der Waals surface area contributed by atoms with Crippen LogP contribution in [0.15, 0.2) is 18.2 Å². The van der Waals surface area contributed by atoms with Crippen molar-refractivity contribution >= 4 is 18.3 Å². The van der Waals surface area contributed by atoms with Gasteiger partial charge < -0.3 is 11.1 Å². The van der Waals surface area contributed by atoms with Crippen molar-refractivity contribution in [2.75, 3.05) is 19.6 Å². The van der Waals surface area contributed by atoms with Crippen molar-refractivity contribution in [3.8, 4) is 0 Å². The number of amides is 1. The van der Waals surface area contributed by atoms with Crippen LogP contribution in [0.1, 0.15) is 24.5 Å². The number of hydrogen-bond acceptors (Lipinski definition) is 3. The Bertz CT molecular complexity index is 512. The fourth-order valence-corrected chi connectivity index (χ4v) is 2.80. The van der Waals surface area contributed by atoms with E-state index in [2.05, 4.69) is 17.1 Å². The van der Waals surface area contributed by atoms with E-state index in [1.54, 1.807) is 13.0 Å². The number of hydrogen-bond donors (Lipinski definition) is 2. The van der Waals surface area contributed by atoms with Gasteiger partial charge in [-0.25, -0.2) is 4.39 Å². The predicted molar refractivity (Wildman–Crippen MR) is 88.4 cm³/mol. The molecular formula is C16H25ClFN3O. The van der Waals surface area contributed by atoms with E-state index >= 15 is 0 Å². The molecule has 2 rings (SSSR count). The van der Waals surface area contributed by atoms with Crippen molar-refractivity contribution < 1.29 is 9.18 Å². The number of nitrogens with two attached hydrogens (primary N) is 1. The molecule has 2 unspecified atom stereocenters. The van der Waals surface area contributed by atoms with Crippen molar-refractivity contribution in [1.82, 2.24) is 10.2 Å². The number of rotatable bonds is 5. The van der Waals surface area contributed by atoms with Gasteiger partial charge in [0.05, 0.1) is 6.54 Å². The Hall–Kier alpha value is -1.17. The lowest BCUT2D eigenvalue weighted by Gasteiger charge is -2.20. The summed E-state index contributed by atoms with van der Waals surface area (Å²) in [5.74, 6) is 0.222. The summed E-state index contributed by atoms with van der Waals surface area (Å²) < 4.78 is 13.4. The minimum Gasteiger partial charge on any atom is -0.351 e. The lowest BCUT2D eigenvalue weighted by atomic mass is 10.1. The number of aryl methyl sites for hydroxylation is 1. The van der Waals surface area contributed by atoms with E-state index in [9.17, 15) is 9.18 Å². The predicted octanol–water partition coefficient (Wildman–Crippen LogP) is 1.84. The van der Waals surface area contributed by atoms with E-state index in [1.807, 2.05) is 6.07 Å². The number of carbonyl (C=O) groups is 1. The van der Waals surface area contributed by atoms with Gasteiger partial charge in [0.25, 0.3) is 0 Å². The highest BCUT2D eigenvalue weighted by Crippen LogP contribution is 2.21. The van der Waals surface area contributed by atoms with E-state index in [-0.39, 0.29) is 24.1 Å². The highest BCUT2D eigenvalue weighted by atomic mass is 35.5. The van der Waals surface area contributed by atoms with Crippen LogP contribution < -0.4 is 11.1 Å². The molecule has 1 saturated heterocycles. The van der Waals surface area contributed by atoms with Crippen LogP contribution in [0.25, 0.3) is 0 Å². The summed E-state index contributed by atoms with van der Waals surface area (Å²) >= 11 is 0. The van der Waals surface area contributed by atoms with Crippen LogP contribution in [-0.2, 0) is 11.3 Å². The quantitative estimate of drug-likeness (QED) is 0.866. The zero-order valence-electron chi connectivity index (χ0n) is 13.1. The highest BCUT2D eigenvalue weighted by molar-refractivity contribution is 5.85. The molecule has 22 heavy (non-hydrogen) atoms. The molecule has 0 aromatic heterocycles. The van der Waals surface area contributed by atoms with Crippen LogP contribution in [0.5, 0.6) is 0 Å². The molecule has 0 bridgehead atoms. The number of nitrogens with one attached hydrogen (secondary N) is 1. The summed E-state index contributed by atoms with van der Waals surface area (Å²) in [5, 5.41) is 2.85. The van der Waals surface area contributed by atoms with E-state index in [0.29, 0.717) is 37.2 Å². The molecule has 0 aliphatic carbocycles. The second-order valence-electron chi connectivity index (χ2n) is 5.98. The van der Waals surface area contributed by atoms with Crippen LogP contribution >= 0.6 is 12.4 Å². The molecule has 3 N–H and O–H groups in total. The number of benzene rings is 1. The fourth-order valence-electron chi connectivity index (χ4n) is 2.80. The van der Waals surface area contributed by atoms with Gasteiger partial charge in [-0.1, -0.05) is 12.1 Å². The average Bonchev–Trinajstić information content (AvgIpc) is 2.81. The Labute approximate surface area is 137 Å². The Morgan fingerprint density at radius 2 is 2.23 bits per heavy atom. The molecule has 1 amide bonds. The van der Waals surface area contributed by atoms with Crippen LogP contribution in [0, 0.1) is 18.7 Å². The number of carbonyl (C=O) groups excluding carboxylic acids is 1. The zero-order chi connectivity index (χ0) is 15.4. The number of halogens is 2. The molecule has 124 valence electrons. The van der Waals surface area contributed by atoms with Gasteiger partial charge in [0.1, 0.15) is 5.82 Å². The summed E-state index contributed by atoms with van der Waals surface area (Å²) in [6.45, 7) is 6.14. The smallest absolute Gasteiger partial charge is 0.234 e. The first-order valence-corrected chi connectivity index (χ1v) is 7.45. The van der Waals surface area contributed by atoms with Crippen LogP contribution in [0.2, 0.25) is 0 Å². The Kier molecular flexibility index (Phi) is 7.26. The van der Waals surface area contributed by atoms with Gasteiger partial charge in [0.15, 0.2) is 0 Å². The standard InChI is InChI=1S/C16H24FN3O.ClH/c1-11-3-4-13(6-15(11)17)8-19-16(21)10-20-9-14(7-18)5-12(20)2;/h3-4,6,12,14H,5,7-10,18H2,1-2H3,(H,19,21);1H. The van der Waals surface area contributed by atoms with E-state index in [4.69, 9.17) is 5.73 Å². The lowest BCUT2D eigenvalue weighted by molar-refractivity contribution is -0.122. The van der Waals surface area contributed by atoms with Gasteiger partial charge in [-0.3, -0.25) is 9.69 Å². The van der Waals surface area contributed by atoms with Gasteiger partial charge in [-0.05, 0) is 49.9 Å². The first kappa shape index (κ1) is 18.9. The van der Waals surface area contributed by atoms with E-state index in [0.717, 1.165) is 18.5 Å². The molecule has 1 heterocycles. The molecule has 1 aromatic rings. The maximum atomic E-state index is 13.4. The summed E-state index contributed by atoms with van der Waals surface area (Å²) in [6.07, 6.45) is 1.05. The Morgan fingerprint density at radius 1 is 1.50 bits per heavy atom. The molecule has 4 nitrogen and oxygen atoms in total. The van der Waals surface area contributed by atoms with Gasteiger partial charge in [0.2, 0.25) is 5.91 Å². The second-order valence-corrected chi connectivity index (χ2v) is 5.98. The first-order chi connectivity index (χ1) is 9.99. The largest absolute Gasteiger partial charge is 0.351 e. The molecule has 6 heteroatoms. The molecule has 1 aliphatic heterocycles. The fraction of sp³-hybridized carbons (Fsp3) is 0.562. The van der Waals surface area contributed by atoms with Crippen LogP contribution in [0.3, 0.4) is 0 Å². The van der Waals surface area contributed by atoms with Crippen molar-refractivity contribution in [1.29, 1.82) is 0 Å². The molecule has 1 aliphatic rings. The van der Waals surface area contributed by atoms with Gasteiger partial charge >= 0.3 is 0 Å². The molecule has 0 saturated carbocycles. The summed E-state index contributed by atoms with van der Waals surface area (Å²) in [5.41, 5.74) is 7.08. The van der Waals surface area contributed by atoms with E-state index < -0.39 is 0 Å². The maximum Gasteiger partial charge on any atom is 0.234 e. The van der Waals surface area contributed by atoms with Crippen molar-refractivity contribution in [2.24, 2.45) is 11.7 Å². The van der Waals surface area contributed by atoms with Crippen molar-refractivity contribution in [2.45, 2.75) is 32.9 Å². The topological polar surface area (TPSA) is 58.4 Å². The highest BCUT2D eigenvalue weighted by Gasteiger charge is 2.29. The Balaban J connectivity index is 0.00000242. The molecule has 1 aromatic carbocycles. The van der Waals surface area contributed by atoms with Crippen LogP contribution in [-0.4, -0.2) is 36.5 Å². The van der Waals surface area contributed by atoms with E-state index in [1.165, 1.54) is 6.07 Å². The normalized spacial score (nSPS) is 21.5. The maximum absolute atomic E-state index is 13.4. The number of nitrogens with zero attached hydrogens (tertiary/aromatic N) is 1. The zero-order valence-corrected chi connectivity index (χ0v) is 14.0. The Morgan fingerprint density at radius 3 is 2.82 bits per heavy atom. The third-order valence-corrected chi connectivity index (χ3v) is 4.20. The van der Waals surface area contributed by atoms with Gasteiger partial charge in [-0.15, -0.1) is 12.4 Å². The average molecular weight is 330 g/mol. The minimum atomic E-state index is -0.235. The second kappa shape index (κ2) is 8.46. The van der Waals surface area contributed by atoms with Crippen LogP contribution in [0.4, 0.5) is 4.39 Å². The lowest BCUT2D eigenvalue weighted by Crippen LogP contribution is -2.39. The summed E-state index contributed by atoms with van der Waals surface area (Å²) in [6, 6.07) is 5.42. The minimum absolute atomic E-state index is 0. The monoisotopic (exact) mass is 329 g/mol. The molecular weight excluding hydrogens is 305 g/mol. The van der Waals surface area contributed by atoms with Gasteiger partial charge in [-0.2, -0.15) is 0 Å². The van der Waals surface area contributed by atoms with Gasteiger partial charge in [0, 0.05) is 19.1 Å². The van der Waals surface area contributed by atoms with Crippen molar-refractivity contribution in [3.05, 3.63) is 35.1 Å². The molecule has 0 radical (unpaired) electrons. The molecule has 2 atom stereocenters. The number of likely N-dealkylation sites (tertiary alicyclic amines) is 1. The molecule has 0 spiro atoms.